The Labute approximate surface area is 58.1 Å². The Morgan fingerprint density at radius 3 is 2.00 bits per heavy atom. The SMILES string of the molecule is O=C/C=C/[O-].[Na+]. The summed E-state index contributed by atoms with van der Waals surface area (Å²) in [5, 5.41) is 9.12. The molecule has 0 unspecified atom stereocenters. The van der Waals surface area contributed by atoms with Gasteiger partial charge in [-0.05, 0) is 6.08 Å². The van der Waals surface area contributed by atoms with Crippen LogP contribution in [-0.2, 0) is 4.79 Å². The van der Waals surface area contributed by atoms with E-state index in [1.165, 1.54) is 0 Å². The van der Waals surface area contributed by atoms with Crippen molar-refractivity contribution in [1.29, 1.82) is 0 Å². The fraction of sp³-hybridized carbons (Fsp3) is 0. The van der Waals surface area contributed by atoms with Gasteiger partial charge in [-0.1, -0.05) is 0 Å². The maximum atomic E-state index is 9.12. The topological polar surface area (TPSA) is 40.1 Å². The Morgan fingerprint density at radius 1 is 1.50 bits per heavy atom. The molecule has 0 atom stereocenters. The van der Waals surface area contributed by atoms with Crippen molar-refractivity contribution in [3.8, 4) is 0 Å². The van der Waals surface area contributed by atoms with Gasteiger partial charge in [0.25, 0.3) is 0 Å². The first-order chi connectivity index (χ1) is 2.41. The molecular formula is C3H3NaO2. The molecule has 0 rings (SSSR count). The molecule has 0 aromatic carbocycles. The monoisotopic (exact) mass is 94.0 g/mol. The van der Waals surface area contributed by atoms with E-state index in [1.54, 1.807) is 0 Å². The third-order valence-electron chi connectivity index (χ3n) is 0.157. The molecular weight excluding hydrogens is 91.0 g/mol. The zero-order valence-electron chi connectivity index (χ0n) is 3.55. The molecule has 0 aliphatic rings. The quantitative estimate of drug-likeness (QED) is 0.144. The van der Waals surface area contributed by atoms with Crippen LogP contribution in [0.25, 0.3) is 0 Å². The van der Waals surface area contributed by atoms with Crippen LogP contribution in [0.4, 0.5) is 0 Å². The molecule has 0 saturated heterocycles. The van der Waals surface area contributed by atoms with Crippen LogP contribution in [-0.4, -0.2) is 6.29 Å². The fourth-order valence-electron chi connectivity index (χ4n) is 0.0321. The van der Waals surface area contributed by atoms with Crippen molar-refractivity contribution in [3.63, 3.8) is 0 Å². The summed E-state index contributed by atoms with van der Waals surface area (Å²) in [4.78, 5) is 9.12. The summed E-state index contributed by atoms with van der Waals surface area (Å²) in [7, 11) is 0. The molecule has 0 aliphatic carbocycles. The average molecular weight is 94.0 g/mol. The van der Waals surface area contributed by atoms with E-state index in [2.05, 4.69) is 0 Å². The number of rotatable bonds is 1. The van der Waals surface area contributed by atoms with Gasteiger partial charge in [-0.2, -0.15) is 0 Å². The van der Waals surface area contributed by atoms with Crippen molar-refractivity contribution >= 4 is 6.29 Å². The minimum atomic E-state index is 0. The molecule has 0 radical (unpaired) electrons. The molecule has 6 heavy (non-hydrogen) atoms. The fourth-order valence-corrected chi connectivity index (χ4v) is 0.0321. The zero-order chi connectivity index (χ0) is 4.12. The van der Waals surface area contributed by atoms with Gasteiger partial charge >= 0.3 is 29.6 Å². The van der Waals surface area contributed by atoms with Gasteiger partial charge < -0.3 is 5.11 Å². The van der Waals surface area contributed by atoms with E-state index >= 15 is 0 Å². The molecule has 2 nitrogen and oxygen atoms in total. The van der Waals surface area contributed by atoms with Crippen LogP contribution in [0.1, 0.15) is 0 Å². The van der Waals surface area contributed by atoms with Crippen LogP contribution in [0.15, 0.2) is 12.3 Å². The molecule has 0 aromatic rings. The smallest absolute Gasteiger partial charge is 0.878 e. The molecule has 0 bridgehead atoms. The molecule has 0 N–H and O–H groups in total. The van der Waals surface area contributed by atoms with Gasteiger partial charge in [0.1, 0.15) is 6.29 Å². The molecule has 28 valence electrons. The molecule has 3 heteroatoms. The Balaban J connectivity index is 0. The summed E-state index contributed by atoms with van der Waals surface area (Å²) in [6, 6.07) is 0. The molecule has 0 spiro atoms. The number of hydrogen-bond donors (Lipinski definition) is 0. The predicted octanol–water partition coefficient (Wildman–Crippen LogP) is -3.94. The maximum Gasteiger partial charge on any atom is 1.00 e. The van der Waals surface area contributed by atoms with Gasteiger partial charge in [0.05, 0.1) is 0 Å². The first-order valence-electron chi connectivity index (χ1n) is 1.14. The molecule has 0 aliphatic heterocycles. The van der Waals surface area contributed by atoms with Crippen LogP contribution >= 0.6 is 0 Å². The van der Waals surface area contributed by atoms with E-state index in [0.717, 1.165) is 6.08 Å². The minimum absolute atomic E-state index is 0. The number of carbonyl (C=O) groups is 1. The van der Waals surface area contributed by atoms with Crippen molar-refractivity contribution in [2.24, 2.45) is 0 Å². The van der Waals surface area contributed by atoms with Gasteiger partial charge in [-0.3, -0.25) is 4.79 Å². The van der Waals surface area contributed by atoms with Gasteiger partial charge in [-0.25, -0.2) is 0 Å². The van der Waals surface area contributed by atoms with Crippen LogP contribution < -0.4 is 34.7 Å². The molecule has 0 fully saturated rings. The Kier molecular flexibility index (Phi) is 14.2. The number of carbonyl (C=O) groups excluding carboxylic acids is 1. The Bertz CT molecular complexity index is 50.8. The van der Waals surface area contributed by atoms with Gasteiger partial charge in [-0.15, -0.1) is 6.26 Å². The summed E-state index contributed by atoms with van der Waals surface area (Å²) in [6.45, 7) is 0. The van der Waals surface area contributed by atoms with Gasteiger partial charge in [0.15, 0.2) is 0 Å². The first-order valence-corrected chi connectivity index (χ1v) is 1.14. The second kappa shape index (κ2) is 8.96. The molecule has 0 aromatic heterocycles. The summed E-state index contributed by atoms with van der Waals surface area (Å²) in [5.74, 6) is 0. The van der Waals surface area contributed by atoms with E-state index in [9.17, 15) is 0 Å². The Morgan fingerprint density at radius 2 is 2.00 bits per heavy atom. The van der Waals surface area contributed by atoms with Crippen molar-refractivity contribution in [1.82, 2.24) is 0 Å². The molecule has 0 saturated carbocycles. The average Bonchev–Trinajstić information content (AvgIpc) is 1.41. The Hall–Kier alpha value is 0.210. The van der Waals surface area contributed by atoms with Crippen LogP contribution in [0.5, 0.6) is 0 Å². The van der Waals surface area contributed by atoms with Gasteiger partial charge in [0, 0.05) is 0 Å². The number of hydrogen-bond acceptors (Lipinski definition) is 2. The van der Waals surface area contributed by atoms with Crippen molar-refractivity contribution in [2.45, 2.75) is 0 Å². The normalized spacial score (nSPS) is 7.33. The second-order valence-corrected chi connectivity index (χ2v) is 0.465. The van der Waals surface area contributed by atoms with E-state index in [-0.39, 0.29) is 29.6 Å². The third kappa shape index (κ3) is 8.88. The summed E-state index contributed by atoms with van der Waals surface area (Å²) >= 11 is 0. The first kappa shape index (κ1) is 9.51. The zero-order valence-corrected chi connectivity index (χ0v) is 5.55. The van der Waals surface area contributed by atoms with Crippen LogP contribution in [0.3, 0.4) is 0 Å². The summed E-state index contributed by atoms with van der Waals surface area (Å²) < 4.78 is 0. The predicted molar refractivity (Wildman–Crippen MR) is 15.2 cm³/mol. The summed E-state index contributed by atoms with van der Waals surface area (Å²) in [6.07, 6.45) is 1.76. The van der Waals surface area contributed by atoms with Gasteiger partial charge in [0.2, 0.25) is 0 Å². The van der Waals surface area contributed by atoms with Crippen molar-refractivity contribution in [2.75, 3.05) is 0 Å². The standard InChI is InChI=1S/C3H4O2.Na/c4-2-1-3-5;/h1-4H;/q;+1/p-1/b2-1+;. The minimum Gasteiger partial charge on any atom is -0.878 e. The molecule has 0 heterocycles. The van der Waals surface area contributed by atoms with E-state index in [1.807, 2.05) is 0 Å². The van der Waals surface area contributed by atoms with Crippen LogP contribution in [0.2, 0.25) is 0 Å². The van der Waals surface area contributed by atoms with E-state index in [4.69, 9.17) is 9.90 Å². The third-order valence-corrected chi connectivity index (χ3v) is 0.157. The second-order valence-electron chi connectivity index (χ2n) is 0.465. The van der Waals surface area contributed by atoms with Crippen molar-refractivity contribution < 1.29 is 39.5 Å². The number of allylic oxidation sites excluding steroid dienone is 1. The van der Waals surface area contributed by atoms with Crippen molar-refractivity contribution in [3.05, 3.63) is 12.3 Å². The van der Waals surface area contributed by atoms with Crippen LogP contribution in [0, 0.1) is 0 Å². The summed E-state index contributed by atoms with van der Waals surface area (Å²) in [5.41, 5.74) is 0. The largest absolute Gasteiger partial charge is 1.00 e. The van der Waals surface area contributed by atoms with E-state index in [0.29, 0.717) is 12.5 Å². The number of aldehydes is 1. The molecule has 0 amide bonds. The van der Waals surface area contributed by atoms with E-state index < -0.39 is 0 Å². The maximum absolute atomic E-state index is 9.12.